The molecule has 1 heterocycles. The molecule has 0 bridgehead atoms. The van der Waals surface area contributed by atoms with Gasteiger partial charge in [-0.1, -0.05) is 28.1 Å². The van der Waals surface area contributed by atoms with E-state index in [9.17, 15) is 0 Å². The molecule has 0 amide bonds. The highest BCUT2D eigenvalue weighted by Crippen LogP contribution is 2.34. The summed E-state index contributed by atoms with van der Waals surface area (Å²) in [6.45, 7) is 0. The van der Waals surface area contributed by atoms with E-state index in [1.165, 1.54) is 0 Å². The predicted octanol–water partition coefficient (Wildman–Crippen LogP) is 6.69. The summed E-state index contributed by atoms with van der Waals surface area (Å²) in [4.78, 5) is 11.6. The molecule has 0 saturated heterocycles. The van der Waals surface area contributed by atoms with Crippen LogP contribution in [0.15, 0.2) is 49.8 Å². The molecule has 0 spiro atoms. The van der Waals surface area contributed by atoms with Gasteiger partial charge in [0.25, 0.3) is 0 Å². The minimum atomic E-state index is 0.339. The summed E-state index contributed by atoms with van der Waals surface area (Å²) < 4.78 is 2.87. The van der Waals surface area contributed by atoms with E-state index in [0.717, 1.165) is 61.5 Å². The van der Waals surface area contributed by atoms with Gasteiger partial charge in [-0.25, -0.2) is 4.98 Å². The largest absolute Gasteiger partial charge is 0.362 e. The number of hydrogen-bond donors (Lipinski definition) is 3. The molecule has 33 heavy (non-hydrogen) atoms. The lowest BCUT2D eigenvalue weighted by atomic mass is 9.91. The predicted molar refractivity (Wildman–Crippen MR) is 152 cm³/mol. The van der Waals surface area contributed by atoms with Crippen LogP contribution in [0.5, 0.6) is 0 Å². The van der Waals surface area contributed by atoms with Crippen molar-refractivity contribution in [3.8, 4) is 0 Å². The molecule has 4 rings (SSSR count). The molecule has 3 N–H and O–H groups in total. The number of fused-ring (bicyclic) bond motifs is 1. The lowest BCUT2D eigenvalue weighted by Gasteiger charge is -2.30. The van der Waals surface area contributed by atoms with Crippen molar-refractivity contribution in [3.05, 3.63) is 49.8 Å². The Hall–Kier alpha value is -1.49. The van der Waals surface area contributed by atoms with Gasteiger partial charge in [0.2, 0.25) is 5.95 Å². The zero-order valence-corrected chi connectivity index (χ0v) is 23.9. The Labute approximate surface area is 224 Å². The average molecular weight is 657 g/mol. The van der Waals surface area contributed by atoms with Crippen LogP contribution >= 0.6 is 60.0 Å². The van der Waals surface area contributed by atoms with Crippen molar-refractivity contribution in [1.29, 1.82) is 0 Å². The molecule has 0 unspecified atom stereocenters. The van der Waals surface area contributed by atoms with Crippen LogP contribution in [-0.2, 0) is 0 Å². The Morgan fingerprint density at radius 2 is 1.61 bits per heavy atom. The van der Waals surface area contributed by atoms with E-state index in [1.54, 1.807) is 0 Å². The highest BCUT2D eigenvalue weighted by Gasteiger charge is 2.23. The third-order valence-corrected chi connectivity index (χ3v) is 7.58. The first-order chi connectivity index (χ1) is 15.8. The lowest BCUT2D eigenvalue weighted by molar-refractivity contribution is 0.387. The summed E-state index contributed by atoms with van der Waals surface area (Å²) >= 11 is 16.2. The Bertz CT molecular complexity index is 1140. The normalized spacial score (nSPS) is 18.1. The molecular formula is C23H25Br3N6S. The Morgan fingerprint density at radius 3 is 2.27 bits per heavy atom. The van der Waals surface area contributed by atoms with Gasteiger partial charge in [-0.05, 0) is 94.0 Å². The fourth-order valence-electron chi connectivity index (χ4n) is 4.03. The first-order valence-corrected chi connectivity index (χ1v) is 13.5. The van der Waals surface area contributed by atoms with Crippen LogP contribution in [0.25, 0.3) is 10.9 Å². The molecule has 0 aliphatic heterocycles. The molecule has 2 aromatic carbocycles. The molecule has 6 nitrogen and oxygen atoms in total. The van der Waals surface area contributed by atoms with Crippen molar-refractivity contribution in [1.82, 2.24) is 15.3 Å². The van der Waals surface area contributed by atoms with Crippen molar-refractivity contribution < 1.29 is 0 Å². The van der Waals surface area contributed by atoms with Gasteiger partial charge in [-0.2, -0.15) is 4.98 Å². The Morgan fingerprint density at radius 1 is 0.970 bits per heavy atom. The van der Waals surface area contributed by atoms with Crippen LogP contribution in [-0.4, -0.2) is 41.3 Å². The number of nitrogens with one attached hydrogen (secondary N) is 3. The zero-order chi connectivity index (χ0) is 23.5. The summed E-state index contributed by atoms with van der Waals surface area (Å²) in [6.07, 6.45) is 4.10. The molecule has 1 saturated carbocycles. The van der Waals surface area contributed by atoms with Crippen molar-refractivity contribution in [2.75, 3.05) is 29.6 Å². The minimum Gasteiger partial charge on any atom is -0.362 e. The number of rotatable bonds is 5. The van der Waals surface area contributed by atoms with Crippen molar-refractivity contribution >= 4 is 93.5 Å². The molecular weight excluding hydrogens is 632 g/mol. The first kappa shape index (κ1) is 24.6. The summed E-state index contributed by atoms with van der Waals surface area (Å²) in [5, 5.41) is 12.0. The molecule has 0 radical (unpaired) electrons. The van der Waals surface area contributed by atoms with E-state index >= 15 is 0 Å². The van der Waals surface area contributed by atoms with Gasteiger partial charge in [-0.15, -0.1) is 0 Å². The molecule has 1 aliphatic carbocycles. The van der Waals surface area contributed by atoms with Gasteiger partial charge in [0.15, 0.2) is 5.11 Å². The molecule has 3 aromatic rings. The van der Waals surface area contributed by atoms with E-state index in [4.69, 9.17) is 22.2 Å². The van der Waals surface area contributed by atoms with Crippen LogP contribution in [0.2, 0.25) is 0 Å². The van der Waals surface area contributed by atoms with Gasteiger partial charge >= 0.3 is 0 Å². The maximum Gasteiger partial charge on any atom is 0.225 e. The molecule has 0 atom stereocenters. The number of aromatic nitrogens is 2. The topological polar surface area (TPSA) is 65.1 Å². The van der Waals surface area contributed by atoms with Crippen LogP contribution in [0.1, 0.15) is 25.7 Å². The number of nitrogens with zero attached hydrogens (tertiary/aromatic N) is 3. The fraction of sp³-hybridized carbons (Fsp3) is 0.348. The fourth-order valence-corrected chi connectivity index (χ4v) is 6.75. The highest BCUT2D eigenvalue weighted by atomic mass is 79.9. The third kappa shape index (κ3) is 6.15. The number of thiocarbonyl (C=S) groups is 1. The minimum absolute atomic E-state index is 0.339. The van der Waals surface area contributed by atoms with E-state index in [0.29, 0.717) is 23.1 Å². The van der Waals surface area contributed by atoms with Gasteiger partial charge < -0.3 is 20.9 Å². The van der Waals surface area contributed by atoms with Crippen LogP contribution in [0.4, 0.5) is 17.5 Å². The third-order valence-electron chi connectivity index (χ3n) is 5.65. The summed E-state index contributed by atoms with van der Waals surface area (Å²) in [6, 6.07) is 12.8. The van der Waals surface area contributed by atoms with E-state index in [-0.39, 0.29) is 0 Å². The highest BCUT2D eigenvalue weighted by molar-refractivity contribution is 9.11. The standard InChI is InChI=1S/C23H25Br3N6S/c1-32(2)21-16-5-3-4-6-19(16)29-22(31-21)27-14-7-9-15(10-8-14)28-23(33)30-20-17(25)11-13(24)12-18(20)26/h3-6,11-12,14-15H,7-10H2,1-2H3,(H,27,29,31)(H2,28,30,33). The monoisotopic (exact) mass is 654 g/mol. The molecule has 10 heteroatoms. The maximum atomic E-state index is 5.57. The van der Waals surface area contributed by atoms with E-state index in [1.807, 2.05) is 49.3 Å². The molecule has 174 valence electrons. The summed E-state index contributed by atoms with van der Waals surface area (Å²) in [5.74, 6) is 1.62. The quantitative estimate of drug-likeness (QED) is 0.265. The van der Waals surface area contributed by atoms with Crippen LogP contribution in [0, 0.1) is 0 Å². The van der Waals surface area contributed by atoms with Crippen molar-refractivity contribution in [2.45, 2.75) is 37.8 Å². The molecule has 1 fully saturated rings. The number of para-hydroxylation sites is 1. The van der Waals surface area contributed by atoms with E-state index in [2.05, 4.69) is 69.8 Å². The van der Waals surface area contributed by atoms with E-state index < -0.39 is 0 Å². The van der Waals surface area contributed by atoms with Gasteiger partial charge in [0, 0.05) is 45.0 Å². The Balaban J connectivity index is 1.34. The first-order valence-electron chi connectivity index (χ1n) is 10.7. The van der Waals surface area contributed by atoms with Gasteiger partial charge in [0.1, 0.15) is 5.82 Å². The average Bonchev–Trinajstić information content (AvgIpc) is 2.77. The number of anilines is 3. The number of hydrogen-bond acceptors (Lipinski definition) is 5. The molecule has 1 aliphatic rings. The van der Waals surface area contributed by atoms with Crippen LogP contribution in [0.3, 0.4) is 0 Å². The maximum absolute atomic E-state index is 5.57. The second-order valence-electron chi connectivity index (χ2n) is 8.32. The SMILES string of the molecule is CN(C)c1nc(NC2CCC(NC(=S)Nc3c(Br)cc(Br)cc3Br)CC2)nc2ccccc12. The lowest BCUT2D eigenvalue weighted by Crippen LogP contribution is -2.42. The van der Waals surface area contributed by atoms with Crippen molar-refractivity contribution in [3.63, 3.8) is 0 Å². The number of benzene rings is 2. The van der Waals surface area contributed by atoms with Crippen LogP contribution < -0.4 is 20.9 Å². The van der Waals surface area contributed by atoms with Gasteiger partial charge in [0.05, 0.1) is 11.2 Å². The second kappa shape index (κ2) is 10.8. The van der Waals surface area contributed by atoms with Crippen molar-refractivity contribution in [2.24, 2.45) is 0 Å². The Kier molecular flexibility index (Phi) is 8.09. The second-order valence-corrected chi connectivity index (χ2v) is 11.4. The summed E-state index contributed by atoms with van der Waals surface area (Å²) in [7, 11) is 4.02. The van der Waals surface area contributed by atoms with Gasteiger partial charge in [-0.3, -0.25) is 0 Å². The smallest absolute Gasteiger partial charge is 0.225 e. The molecule has 1 aromatic heterocycles. The number of halogens is 3. The zero-order valence-electron chi connectivity index (χ0n) is 18.3. The summed E-state index contributed by atoms with van der Waals surface area (Å²) in [5.41, 5.74) is 1.87.